The van der Waals surface area contributed by atoms with Gasteiger partial charge in [0.2, 0.25) is 0 Å². The summed E-state index contributed by atoms with van der Waals surface area (Å²) in [7, 11) is 0. The molecule has 1 aromatic carbocycles. The topological polar surface area (TPSA) is 26.0 Å². The minimum absolute atomic E-state index is 0.00387. The van der Waals surface area contributed by atoms with Gasteiger partial charge in [-0.15, -0.1) is 0 Å². The second-order valence-corrected chi connectivity index (χ2v) is 4.31. The van der Waals surface area contributed by atoms with Gasteiger partial charge in [-0.3, -0.25) is 0 Å². The van der Waals surface area contributed by atoms with Crippen LogP contribution in [0.3, 0.4) is 0 Å². The lowest BCUT2D eigenvalue weighted by Crippen LogP contribution is -2.26. The van der Waals surface area contributed by atoms with Crippen molar-refractivity contribution in [3.8, 4) is 0 Å². The fourth-order valence-corrected chi connectivity index (χ4v) is 1.64. The molecule has 0 aliphatic heterocycles. The Balaban J connectivity index is 2.91. The van der Waals surface area contributed by atoms with Gasteiger partial charge < -0.3 is 5.73 Å². The number of hydrogen-bond acceptors (Lipinski definition) is 1. The van der Waals surface area contributed by atoms with E-state index in [-0.39, 0.29) is 12.0 Å². The summed E-state index contributed by atoms with van der Waals surface area (Å²) >= 11 is 3.16. The highest BCUT2D eigenvalue weighted by atomic mass is 79.9. The summed E-state index contributed by atoms with van der Waals surface area (Å²) in [5, 5.41) is 0. The van der Waals surface area contributed by atoms with E-state index in [1.165, 1.54) is 12.1 Å². The molecule has 0 saturated heterocycles. The first-order valence-electron chi connectivity index (χ1n) is 4.31. The molecular weight excluding hydrogens is 252 g/mol. The Hall–Kier alpha value is -0.480. The van der Waals surface area contributed by atoms with E-state index in [0.717, 1.165) is 0 Å². The highest BCUT2D eigenvalue weighted by Crippen LogP contribution is 2.33. The quantitative estimate of drug-likeness (QED) is 0.890. The molecule has 78 valence electrons. The fourth-order valence-electron chi connectivity index (χ4n) is 1.24. The third-order valence-corrected chi connectivity index (χ3v) is 2.32. The summed E-state index contributed by atoms with van der Waals surface area (Å²) in [6, 6.07) is 5.62. The Morgan fingerprint density at radius 1 is 1.50 bits per heavy atom. The van der Waals surface area contributed by atoms with E-state index in [1.54, 1.807) is 19.1 Å². The molecular formula is C10H12BrF2N. The van der Waals surface area contributed by atoms with Gasteiger partial charge in [0.15, 0.2) is 0 Å². The standard InChI is InChI=1S/C10H12BrF2N/c1-7(14)6-10(12,13)8-3-2-4-9(11)5-8/h2-5,7H,6,14H2,1H3. The molecule has 1 rings (SSSR count). The first-order chi connectivity index (χ1) is 6.42. The van der Waals surface area contributed by atoms with Gasteiger partial charge in [0, 0.05) is 22.5 Å². The van der Waals surface area contributed by atoms with Crippen molar-refractivity contribution in [1.82, 2.24) is 0 Å². The van der Waals surface area contributed by atoms with Crippen molar-refractivity contribution in [1.29, 1.82) is 0 Å². The second-order valence-electron chi connectivity index (χ2n) is 3.40. The van der Waals surface area contributed by atoms with Crippen molar-refractivity contribution in [2.75, 3.05) is 0 Å². The molecule has 0 aliphatic rings. The van der Waals surface area contributed by atoms with Crippen LogP contribution < -0.4 is 5.73 Å². The number of benzene rings is 1. The van der Waals surface area contributed by atoms with Crippen LogP contribution in [0.1, 0.15) is 18.9 Å². The van der Waals surface area contributed by atoms with Crippen molar-refractivity contribution >= 4 is 15.9 Å². The van der Waals surface area contributed by atoms with Crippen LogP contribution in [0.4, 0.5) is 8.78 Å². The van der Waals surface area contributed by atoms with E-state index in [1.807, 2.05) is 0 Å². The van der Waals surface area contributed by atoms with Gasteiger partial charge in [-0.2, -0.15) is 0 Å². The van der Waals surface area contributed by atoms with Gasteiger partial charge in [-0.25, -0.2) is 8.78 Å². The van der Waals surface area contributed by atoms with Crippen LogP contribution in [0.25, 0.3) is 0 Å². The maximum Gasteiger partial charge on any atom is 0.274 e. The maximum atomic E-state index is 13.5. The molecule has 0 bridgehead atoms. The zero-order valence-corrected chi connectivity index (χ0v) is 9.39. The largest absolute Gasteiger partial charge is 0.328 e. The predicted molar refractivity (Wildman–Crippen MR) is 56.3 cm³/mol. The molecule has 0 radical (unpaired) electrons. The molecule has 1 atom stereocenters. The van der Waals surface area contributed by atoms with Crippen LogP contribution >= 0.6 is 15.9 Å². The van der Waals surface area contributed by atoms with Crippen LogP contribution in [0.5, 0.6) is 0 Å². The Morgan fingerprint density at radius 3 is 2.64 bits per heavy atom. The third kappa shape index (κ3) is 3.03. The maximum absolute atomic E-state index is 13.5. The zero-order chi connectivity index (χ0) is 10.8. The summed E-state index contributed by atoms with van der Waals surface area (Å²) in [6.07, 6.45) is -0.330. The lowest BCUT2D eigenvalue weighted by Gasteiger charge is -2.18. The van der Waals surface area contributed by atoms with Crippen molar-refractivity contribution in [2.24, 2.45) is 5.73 Å². The summed E-state index contributed by atoms with van der Waals surface area (Å²) in [5.41, 5.74) is 5.37. The average molecular weight is 264 g/mol. The van der Waals surface area contributed by atoms with Gasteiger partial charge in [0.25, 0.3) is 5.92 Å². The molecule has 0 spiro atoms. The molecule has 0 saturated carbocycles. The number of halogens is 3. The zero-order valence-electron chi connectivity index (χ0n) is 7.81. The smallest absolute Gasteiger partial charge is 0.274 e. The summed E-state index contributed by atoms with van der Waals surface area (Å²) in [4.78, 5) is 0. The molecule has 4 heteroatoms. The third-order valence-electron chi connectivity index (χ3n) is 1.83. The minimum atomic E-state index is -2.85. The molecule has 0 aliphatic carbocycles. The van der Waals surface area contributed by atoms with Crippen LogP contribution in [0, 0.1) is 0 Å². The predicted octanol–water partition coefficient (Wildman–Crippen LogP) is 3.28. The van der Waals surface area contributed by atoms with E-state index >= 15 is 0 Å². The summed E-state index contributed by atoms with van der Waals surface area (Å²) in [5.74, 6) is -2.85. The lowest BCUT2D eigenvalue weighted by molar-refractivity contribution is -0.0181. The van der Waals surface area contributed by atoms with Crippen molar-refractivity contribution < 1.29 is 8.78 Å². The van der Waals surface area contributed by atoms with Crippen molar-refractivity contribution in [3.63, 3.8) is 0 Å². The highest BCUT2D eigenvalue weighted by molar-refractivity contribution is 9.10. The van der Waals surface area contributed by atoms with Crippen LogP contribution in [-0.2, 0) is 5.92 Å². The monoisotopic (exact) mass is 263 g/mol. The lowest BCUT2D eigenvalue weighted by atomic mass is 10.0. The molecule has 0 amide bonds. The molecule has 0 aromatic heterocycles. The van der Waals surface area contributed by atoms with E-state index in [9.17, 15) is 8.78 Å². The van der Waals surface area contributed by atoms with Gasteiger partial charge in [0.1, 0.15) is 0 Å². The number of alkyl halides is 2. The SMILES string of the molecule is CC(N)CC(F)(F)c1cccc(Br)c1. The van der Waals surface area contributed by atoms with Gasteiger partial charge >= 0.3 is 0 Å². The Labute approximate surface area is 90.4 Å². The molecule has 0 heterocycles. The first-order valence-corrected chi connectivity index (χ1v) is 5.10. The van der Waals surface area contributed by atoms with Gasteiger partial charge in [0.05, 0.1) is 0 Å². The van der Waals surface area contributed by atoms with E-state index < -0.39 is 12.0 Å². The summed E-state index contributed by atoms with van der Waals surface area (Å²) < 4.78 is 27.6. The van der Waals surface area contributed by atoms with E-state index in [0.29, 0.717) is 4.47 Å². The van der Waals surface area contributed by atoms with Gasteiger partial charge in [-0.05, 0) is 19.1 Å². The van der Waals surface area contributed by atoms with E-state index in [4.69, 9.17) is 5.73 Å². The van der Waals surface area contributed by atoms with Gasteiger partial charge in [-0.1, -0.05) is 28.1 Å². The Morgan fingerprint density at radius 2 is 2.14 bits per heavy atom. The Bertz CT molecular complexity index is 313. The second kappa shape index (κ2) is 4.36. The molecule has 14 heavy (non-hydrogen) atoms. The van der Waals surface area contributed by atoms with Crippen LogP contribution in [0.15, 0.2) is 28.7 Å². The molecule has 1 aromatic rings. The van der Waals surface area contributed by atoms with Crippen LogP contribution in [0.2, 0.25) is 0 Å². The Kier molecular flexibility index (Phi) is 3.61. The molecule has 2 N–H and O–H groups in total. The van der Waals surface area contributed by atoms with E-state index in [2.05, 4.69) is 15.9 Å². The normalized spacial score (nSPS) is 14.1. The van der Waals surface area contributed by atoms with Crippen LogP contribution in [-0.4, -0.2) is 6.04 Å². The summed E-state index contributed by atoms with van der Waals surface area (Å²) in [6.45, 7) is 1.58. The molecule has 0 fully saturated rings. The molecule has 1 unspecified atom stereocenters. The fraction of sp³-hybridized carbons (Fsp3) is 0.400. The molecule has 1 nitrogen and oxygen atoms in total. The minimum Gasteiger partial charge on any atom is -0.328 e. The number of hydrogen-bond donors (Lipinski definition) is 1. The first kappa shape index (κ1) is 11.6. The van der Waals surface area contributed by atoms with Crippen molar-refractivity contribution in [2.45, 2.75) is 25.3 Å². The highest BCUT2D eigenvalue weighted by Gasteiger charge is 2.32. The van der Waals surface area contributed by atoms with Crippen molar-refractivity contribution in [3.05, 3.63) is 34.3 Å². The number of nitrogens with two attached hydrogens (primary N) is 1. The number of rotatable bonds is 3. The average Bonchev–Trinajstić information content (AvgIpc) is 2.01.